The first-order valence-corrected chi connectivity index (χ1v) is 8.91. The standard InChI is InChI=1S/C13H19N7O2S/c21-23(22,19-9-1-2-10-19)16-8-7-14-12-4-5-13(18-17-12)20-11-3-6-15-20/h3-6,11,16H,1-2,7-10H2,(H,14,17). The van der Waals surface area contributed by atoms with Gasteiger partial charge in [0.15, 0.2) is 5.82 Å². The highest BCUT2D eigenvalue weighted by Gasteiger charge is 2.24. The number of rotatable bonds is 7. The molecule has 3 rings (SSSR count). The number of anilines is 1. The average molecular weight is 337 g/mol. The number of hydrogen-bond donors (Lipinski definition) is 2. The van der Waals surface area contributed by atoms with Crippen LogP contribution in [-0.4, -0.2) is 58.9 Å². The third-order valence-corrected chi connectivity index (χ3v) is 5.12. The Kier molecular flexibility index (Phi) is 4.84. The van der Waals surface area contributed by atoms with Crippen LogP contribution in [0.4, 0.5) is 5.82 Å². The molecule has 2 aromatic rings. The van der Waals surface area contributed by atoms with E-state index in [0.29, 0.717) is 37.8 Å². The van der Waals surface area contributed by atoms with Crippen LogP contribution in [0.3, 0.4) is 0 Å². The monoisotopic (exact) mass is 337 g/mol. The molecule has 2 N–H and O–H groups in total. The second kappa shape index (κ2) is 7.02. The van der Waals surface area contributed by atoms with Crippen molar-refractivity contribution in [2.45, 2.75) is 12.8 Å². The highest BCUT2D eigenvalue weighted by molar-refractivity contribution is 7.87. The van der Waals surface area contributed by atoms with Crippen LogP contribution in [0.5, 0.6) is 0 Å². The van der Waals surface area contributed by atoms with E-state index in [9.17, 15) is 8.42 Å². The molecule has 9 nitrogen and oxygen atoms in total. The minimum Gasteiger partial charge on any atom is -0.367 e. The second-order valence-electron chi connectivity index (χ2n) is 5.16. The molecule has 0 spiro atoms. The van der Waals surface area contributed by atoms with E-state index >= 15 is 0 Å². The third-order valence-electron chi connectivity index (χ3n) is 3.51. The summed E-state index contributed by atoms with van der Waals surface area (Å²) in [5.41, 5.74) is 0. The predicted molar refractivity (Wildman–Crippen MR) is 85.4 cm³/mol. The van der Waals surface area contributed by atoms with Gasteiger partial charge >= 0.3 is 0 Å². The second-order valence-corrected chi connectivity index (χ2v) is 6.91. The first-order chi connectivity index (χ1) is 11.1. The maximum atomic E-state index is 12.0. The van der Waals surface area contributed by atoms with E-state index in [1.54, 1.807) is 35.3 Å². The largest absolute Gasteiger partial charge is 0.367 e. The van der Waals surface area contributed by atoms with E-state index in [-0.39, 0.29) is 0 Å². The van der Waals surface area contributed by atoms with Crippen LogP contribution in [0, 0.1) is 0 Å². The molecular weight excluding hydrogens is 318 g/mol. The number of nitrogens with zero attached hydrogens (tertiary/aromatic N) is 5. The molecule has 0 radical (unpaired) electrons. The Hall–Kier alpha value is -2.04. The minimum absolute atomic E-state index is 0.293. The molecule has 1 fully saturated rings. The average Bonchev–Trinajstić information content (AvgIpc) is 3.25. The van der Waals surface area contributed by atoms with Gasteiger partial charge in [-0.1, -0.05) is 0 Å². The Balaban J connectivity index is 1.45. The molecule has 2 aromatic heterocycles. The zero-order valence-electron chi connectivity index (χ0n) is 12.6. The normalized spacial score (nSPS) is 15.8. The van der Waals surface area contributed by atoms with Gasteiger partial charge in [0.1, 0.15) is 5.82 Å². The zero-order chi connectivity index (χ0) is 16.1. The highest BCUT2D eigenvalue weighted by Crippen LogP contribution is 2.10. The van der Waals surface area contributed by atoms with Gasteiger partial charge < -0.3 is 5.32 Å². The van der Waals surface area contributed by atoms with Crippen LogP contribution in [-0.2, 0) is 10.2 Å². The lowest BCUT2D eigenvalue weighted by Gasteiger charge is -2.16. The van der Waals surface area contributed by atoms with Crippen LogP contribution >= 0.6 is 0 Å². The van der Waals surface area contributed by atoms with E-state index in [2.05, 4.69) is 25.3 Å². The summed E-state index contributed by atoms with van der Waals surface area (Å²) >= 11 is 0. The van der Waals surface area contributed by atoms with Gasteiger partial charge in [-0.15, -0.1) is 10.2 Å². The molecular formula is C13H19N7O2S. The van der Waals surface area contributed by atoms with Crippen LogP contribution < -0.4 is 10.0 Å². The molecule has 0 saturated carbocycles. The van der Waals surface area contributed by atoms with Crippen LogP contribution in [0.15, 0.2) is 30.6 Å². The fourth-order valence-corrected chi connectivity index (χ4v) is 3.62. The molecule has 0 bridgehead atoms. The Bertz CT molecular complexity index is 709. The maximum Gasteiger partial charge on any atom is 0.279 e. The van der Waals surface area contributed by atoms with Gasteiger partial charge in [0, 0.05) is 38.6 Å². The van der Waals surface area contributed by atoms with Crippen molar-refractivity contribution in [2.24, 2.45) is 0 Å². The summed E-state index contributed by atoms with van der Waals surface area (Å²) in [5, 5.41) is 15.2. The summed E-state index contributed by atoms with van der Waals surface area (Å²) in [7, 11) is -3.36. The van der Waals surface area contributed by atoms with Crippen molar-refractivity contribution in [3.8, 4) is 5.82 Å². The maximum absolute atomic E-state index is 12.0. The summed E-state index contributed by atoms with van der Waals surface area (Å²) in [5.74, 6) is 1.21. The predicted octanol–water partition coefficient (Wildman–Crippen LogP) is 0.00440. The molecule has 3 heterocycles. The lowest BCUT2D eigenvalue weighted by Crippen LogP contribution is -2.40. The molecule has 1 saturated heterocycles. The third kappa shape index (κ3) is 4.03. The van der Waals surface area contributed by atoms with Gasteiger partial charge in [-0.05, 0) is 31.0 Å². The van der Waals surface area contributed by atoms with Crippen molar-refractivity contribution in [1.82, 2.24) is 29.0 Å². The van der Waals surface area contributed by atoms with Gasteiger partial charge in [-0.25, -0.2) is 9.40 Å². The van der Waals surface area contributed by atoms with Gasteiger partial charge in [0.25, 0.3) is 10.2 Å². The number of aromatic nitrogens is 4. The van der Waals surface area contributed by atoms with E-state index in [0.717, 1.165) is 12.8 Å². The number of nitrogens with one attached hydrogen (secondary N) is 2. The molecule has 0 aromatic carbocycles. The molecule has 124 valence electrons. The topological polar surface area (TPSA) is 105 Å². The minimum atomic E-state index is -3.36. The fourth-order valence-electron chi connectivity index (χ4n) is 2.34. The Labute approximate surface area is 134 Å². The summed E-state index contributed by atoms with van der Waals surface area (Å²) < 4.78 is 29.6. The number of hydrogen-bond acceptors (Lipinski definition) is 6. The summed E-state index contributed by atoms with van der Waals surface area (Å²) in [6.45, 7) is 1.93. The highest BCUT2D eigenvalue weighted by atomic mass is 32.2. The van der Waals surface area contributed by atoms with Crippen molar-refractivity contribution in [3.05, 3.63) is 30.6 Å². The quantitative estimate of drug-likeness (QED) is 0.689. The lowest BCUT2D eigenvalue weighted by molar-refractivity contribution is 0.466. The Morgan fingerprint density at radius 3 is 2.61 bits per heavy atom. The molecule has 0 atom stereocenters. The van der Waals surface area contributed by atoms with E-state index in [1.165, 1.54) is 4.31 Å². The molecule has 0 unspecified atom stereocenters. The van der Waals surface area contributed by atoms with Crippen molar-refractivity contribution in [2.75, 3.05) is 31.5 Å². The van der Waals surface area contributed by atoms with E-state index < -0.39 is 10.2 Å². The first kappa shape index (κ1) is 15.8. The van der Waals surface area contributed by atoms with E-state index in [1.807, 2.05) is 0 Å². The van der Waals surface area contributed by atoms with Crippen molar-refractivity contribution < 1.29 is 8.42 Å². The molecule has 0 aliphatic carbocycles. The SMILES string of the molecule is O=S(=O)(NCCNc1ccc(-n2cccn2)nn1)N1CCCC1. The van der Waals surface area contributed by atoms with Crippen molar-refractivity contribution in [3.63, 3.8) is 0 Å². The van der Waals surface area contributed by atoms with Crippen LogP contribution in [0.1, 0.15) is 12.8 Å². The lowest BCUT2D eigenvalue weighted by atomic mass is 10.4. The fraction of sp³-hybridized carbons (Fsp3) is 0.462. The van der Waals surface area contributed by atoms with Crippen molar-refractivity contribution >= 4 is 16.0 Å². The van der Waals surface area contributed by atoms with Crippen LogP contribution in [0.2, 0.25) is 0 Å². The molecule has 0 amide bonds. The first-order valence-electron chi connectivity index (χ1n) is 7.47. The smallest absolute Gasteiger partial charge is 0.279 e. The molecule has 10 heteroatoms. The zero-order valence-corrected chi connectivity index (χ0v) is 13.4. The Morgan fingerprint density at radius 2 is 1.96 bits per heavy atom. The molecule has 1 aliphatic heterocycles. The van der Waals surface area contributed by atoms with Gasteiger partial charge in [-0.2, -0.15) is 17.8 Å². The molecule has 1 aliphatic rings. The Morgan fingerprint density at radius 1 is 1.13 bits per heavy atom. The van der Waals surface area contributed by atoms with Crippen LogP contribution in [0.25, 0.3) is 5.82 Å². The molecule has 23 heavy (non-hydrogen) atoms. The van der Waals surface area contributed by atoms with Crippen molar-refractivity contribution in [1.29, 1.82) is 0 Å². The summed E-state index contributed by atoms with van der Waals surface area (Å²) in [6, 6.07) is 5.37. The summed E-state index contributed by atoms with van der Waals surface area (Å²) in [6.07, 6.45) is 5.30. The van der Waals surface area contributed by atoms with Gasteiger partial charge in [0.05, 0.1) is 0 Å². The van der Waals surface area contributed by atoms with Gasteiger partial charge in [0.2, 0.25) is 0 Å². The van der Waals surface area contributed by atoms with E-state index in [4.69, 9.17) is 0 Å². The van der Waals surface area contributed by atoms with Gasteiger partial charge in [-0.3, -0.25) is 0 Å². The summed E-state index contributed by atoms with van der Waals surface area (Å²) in [4.78, 5) is 0.